The molecule has 0 unspecified atom stereocenters. The number of aryl methyl sites for hydroxylation is 1. The lowest BCUT2D eigenvalue weighted by Crippen LogP contribution is -2.03. The number of aromatic carboxylic acids is 1. The van der Waals surface area contributed by atoms with Crippen molar-refractivity contribution in [2.24, 2.45) is 5.11 Å². The summed E-state index contributed by atoms with van der Waals surface area (Å²) < 4.78 is 0. The third-order valence-corrected chi connectivity index (χ3v) is 2.88. The maximum absolute atomic E-state index is 11.4. The number of benzene rings is 2. The van der Waals surface area contributed by atoms with E-state index in [-0.39, 0.29) is 16.9 Å². The molecule has 0 bridgehead atoms. The van der Waals surface area contributed by atoms with E-state index in [0.717, 1.165) is 5.56 Å². The normalized spacial score (nSPS) is 9.85. The molecule has 2 aromatic rings. The highest BCUT2D eigenvalue weighted by Gasteiger charge is 2.16. The lowest BCUT2D eigenvalue weighted by Gasteiger charge is -2.11. The third-order valence-electron chi connectivity index (χ3n) is 2.88. The van der Waals surface area contributed by atoms with Gasteiger partial charge in [0.2, 0.25) is 0 Å². The zero-order valence-corrected chi connectivity index (χ0v) is 10.7. The highest BCUT2D eigenvalue weighted by molar-refractivity contribution is 6.01. The Balaban J connectivity index is 2.71. The van der Waals surface area contributed by atoms with E-state index < -0.39 is 5.97 Å². The van der Waals surface area contributed by atoms with Crippen LogP contribution in [0.2, 0.25) is 0 Å². The average Bonchev–Trinajstić information content (AvgIpc) is 2.40. The van der Waals surface area contributed by atoms with E-state index in [4.69, 9.17) is 11.3 Å². The molecule has 0 spiro atoms. The Morgan fingerprint density at radius 1 is 1.30 bits per heavy atom. The molecule has 3 N–H and O–H groups in total. The topological polar surface area (TPSA) is 112 Å². The molecule has 0 saturated carbocycles. The molecule has 20 heavy (non-hydrogen) atoms. The Hall–Kier alpha value is -2.98. The minimum atomic E-state index is -1.12. The number of rotatable bonds is 3. The van der Waals surface area contributed by atoms with Crippen molar-refractivity contribution in [1.82, 2.24) is 0 Å². The SMILES string of the molecule is Cc1ccc(-c2c(N)cc(N=[N+]=[N-])cc2C(=O)O)cc1. The van der Waals surface area contributed by atoms with Crippen LogP contribution in [0, 0.1) is 6.92 Å². The number of carboxylic acids is 1. The molecule has 0 aliphatic heterocycles. The summed E-state index contributed by atoms with van der Waals surface area (Å²) in [7, 11) is 0. The molecule has 0 aliphatic carbocycles. The summed E-state index contributed by atoms with van der Waals surface area (Å²) in [5, 5.41) is 12.7. The largest absolute Gasteiger partial charge is 0.478 e. The Morgan fingerprint density at radius 3 is 2.50 bits per heavy atom. The lowest BCUT2D eigenvalue weighted by atomic mass is 9.96. The number of carbonyl (C=O) groups is 1. The number of anilines is 1. The third kappa shape index (κ3) is 2.55. The highest BCUT2D eigenvalue weighted by atomic mass is 16.4. The van der Waals surface area contributed by atoms with Crippen LogP contribution in [0.4, 0.5) is 11.4 Å². The van der Waals surface area contributed by atoms with E-state index in [1.54, 1.807) is 12.1 Å². The van der Waals surface area contributed by atoms with E-state index in [1.165, 1.54) is 12.1 Å². The van der Waals surface area contributed by atoms with Crippen LogP contribution >= 0.6 is 0 Å². The van der Waals surface area contributed by atoms with Gasteiger partial charge in [0.1, 0.15) is 0 Å². The fourth-order valence-corrected chi connectivity index (χ4v) is 1.97. The van der Waals surface area contributed by atoms with Crippen molar-refractivity contribution in [2.75, 3.05) is 5.73 Å². The number of hydrogen-bond donors (Lipinski definition) is 2. The molecule has 100 valence electrons. The number of carboxylic acid groups (broad SMARTS) is 1. The maximum Gasteiger partial charge on any atom is 0.336 e. The Bertz CT molecular complexity index is 717. The molecule has 2 rings (SSSR count). The molecule has 0 aliphatic rings. The molecule has 6 nitrogen and oxygen atoms in total. The van der Waals surface area contributed by atoms with Crippen LogP contribution in [-0.4, -0.2) is 11.1 Å². The second-order valence-corrected chi connectivity index (χ2v) is 4.32. The van der Waals surface area contributed by atoms with Gasteiger partial charge in [-0.1, -0.05) is 34.9 Å². The van der Waals surface area contributed by atoms with Gasteiger partial charge in [-0.05, 0) is 30.2 Å². The average molecular weight is 268 g/mol. The quantitative estimate of drug-likeness (QED) is 0.381. The van der Waals surface area contributed by atoms with Crippen LogP contribution in [0.25, 0.3) is 21.6 Å². The molecule has 2 aromatic carbocycles. The first-order valence-corrected chi connectivity index (χ1v) is 5.82. The van der Waals surface area contributed by atoms with Crippen molar-refractivity contribution in [3.8, 4) is 11.1 Å². The van der Waals surface area contributed by atoms with Gasteiger partial charge >= 0.3 is 5.97 Å². The molecule has 6 heteroatoms. The molecule has 0 heterocycles. The summed E-state index contributed by atoms with van der Waals surface area (Å²) in [4.78, 5) is 14.0. The standard InChI is InChI=1S/C14H12N4O2/c1-8-2-4-9(5-3-8)13-11(14(19)20)6-10(17-18-16)7-12(13)15/h2-7H,15H2,1H3,(H,19,20). The maximum atomic E-state index is 11.4. The van der Waals surface area contributed by atoms with Gasteiger partial charge in [-0.15, -0.1) is 0 Å². The minimum absolute atomic E-state index is 0.0104. The number of nitrogens with two attached hydrogens (primary N) is 1. The number of azide groups is 1. The minimum Gasteiger partial charge on any atom is -0.478 e. The molecule has 0 amide bonds. The summed E-state index contributed by atoms with van der Waals surface area (Å²) in [6.45, 7) is 1.94. The van der Waals surface area contributed by atoms with E-state index in [2.05, 4.69) is 10.0 Å². The summed E-state index contributed by atoms with van der Waals surface area (Å²) in [5.41, 5.74) is 17.0. The van der Waals surface area contributed by atoms with Gasteiger partial charge in [-0.2, -0.15) is 0 Å². The number of nitrogen functional groups attached to an aromatic ring is 1. The number of nitrogens with zero attached hydrogens (tertiary/aromatic N) is 3. The van der Waals surface area contributed by atoms with Crippen LogP contribution in [0.5, 0.6) is 0 Å². The van der Waals surface area contributed by atoms with Crippen LogP contribution in [0.3, 0.4) is 0 Å². The van der Waals surface area contributed by atoms with Gasteiger partial charge in [-0.3, -0.25) is 0 Å². The second-order valence-electron chi connectivity index (χ2n) is 4.32. The van der Waals surface area contributed by atoms with Crippen molar-refractivity contribution in [2.45, 2.75) is 6.92 Å². The fraction of sp³-hybridized carbons (Fsp3) is 0.0714. The first-order chi connectivity index (χ1) is 9.52. The second kappa shape index (κ2) is 5.34. The van der Waals surface area contributed by atoms with E-state index in [0.29, 0.717) is 11.1 Å². The summed E-state index contributed by atoms with van der Waals surface area (Å²) in [6, 6.07) is 10.1. The van der Waals surface area contributed by atoms with E-state index >= 15 is 0 Å². The van der Waals surface area contributed by atoms with Gasteiger partial charge < -0.3 is 10.8 Å². The predicted octanol–water partition coefficient (Wildman–Crippen LogP) is 3.88. The zero-order valence-electron chi connectivity index (χ0n) is 10.7. The Morgan fingerprint density at radius 2 is 1.95 bits per heavy atom. The zero-order chi connectivity index (χ0) is 14.7. The first-order valence-electron chi connectivity index (χ1n) is 5.82. The van der Waals surface area contributed by atoms with Gasteiger partial charge in [0.25, 0.3) is 0 Å². The van der Waals surface area contributed by atoms with Gasteiger partial charge in [0.15, 0.2) is 0 Å². The highest BCUT2D eigenvalue weighted by Crippen LogP contribution is 2.34. The smallest absolute Gasteiger partial charge is 0.336 e. The molecule has 0 saturated heterocycles. The van der Waals surface area contributed by atoms with Crippen LogP contribution in [0.1, 0.15) is 15.9 Å². The van der Waals surface area contributed by atoms with Gasteiger partial charge in [0.05, 0.1) is 5.56 Å². The molecular formula is C14H12N4O2. The summed E-state index contributed by atoms with van der Waals surface area (Å²) in [5.74, 6) is -1.12. The van der Waals surface area contributed by atoms with Gasteiger partial charge in [0, 0.05) is 21.8 Å². The van der Waals surface area contributed by atoms with Gasteiger partial charge in [-0.25, -0.2) is 4.79 Å². The molecule has 0 fully saturated rings. The molecule has 0 atom stereocenters. The Labute approximate surface area is 115 Å². The van der Waals surface area contributed by atoms with Crippen LogP contribution in [0.15, 0.2) is 41.5 Å². The molecule has 0 aromatic heterocycles. The fourth-order valence-electron chi connectivity index (χ4n) is 1.97. The number of hydrogen-bond acceptors (Lipinski definition) is 3. The van der Waals surface area contributed by atoms with E-state index in [9.17, 15) is 9.90 Å². The monoisotopic (exact) mass is 268 g/mol. The predicted molar refractivity (Wildman–Crippen MR) is 76.8 cm³/mol. The summed E-state index contributed by atoms with van der Waals surface area (Å²) >= 11 is 0. The van der Waals surface area contributed by atoms with Crippen molar-refractivity contribution >= 4 is 17.3 Å². The molecule has 0 radical (unpaired) electrons. The van der Waals surface area contributed by atoms with Crippen LogP contribution in [-0.2, 0) is 0 Å². The summed E-state index contributed by atoms with van der Waals surface area (Å²) in [6.07, 6.45) is 0. The van der Waals surface area contributed by atoms with Crippen molar-refractivity contribution < 1.29 is 9.90 Å². The van der Waals surface area contributed by atoms with E-state index in [1.807, 2.05) is 19.1 Å². The lowest BCUT2D eigenvalue weighted by molar-refractivity contribution is 0.0698. The first kappa shape index (κ1) is 13.5. The van der Waals surface area contributed by atoms with Crippen molar-refractivity contribution in [3.63, 3.8) is 0 Å². The molecular weight excluding hydrogens is 256 g/mol. The van der Waals surface area contributed by atoms with Crippen molar-refractivity contribution in [1.29, 1.82) is 0 Å². The Kier molecular flexibility index (Phi) is 3.59. The van der Waals surface area contributed by atoms with Crippen molar-refractivity contribution in [3.05, 3.63) is 58.0 Å². The van der Waals surface area contributed by atoms with Crippen LogP contribution < -0.4 is 5.73 Å².